The molecule has 6 aromatic rings. The van der Waals surface area contributed by atoms with Crippen molar-refractivity contribution in [3.8, 4) is 0 Å². The molecule has 0 bridgehead atoms. The third-order valence-corrected chi connectivity index (χ3v) is 18.4. The minimum atomic E-state index is -1.33. The Hall–Kier alpha value is -9.22. The Bertz CT molecular complexity index is 3740. The first-order valence-corrected chi connectivity index (χ1v) is 36.5. The van der Waals surface area contributed by atoms with Crippen molar-refractivity contribution in [3.05, 3.63) is 203 Å². The summed E-state index contributed by atoms with van der Waals surface area (Å²) in [6, 6.07) is 52.0. The smallest absolute Gasteiger partial charge is 0.411 e. The first-order valence-electron chi connectivity index (χ1n) is 36.5. The maximum atomic E-state index is 14.8. The van der Waals surface area contributed by atoms with Gasteiger partial charge in [-0.3, -0.25) is 24.3 Å². The average molecular weight is 1430 g/mol. The van der Waals surface area contributed by atoms with Crippen LogP contribution in [0.2, 0.25) is 0 Å². The van der Waals surface area contributed by atoms with Gasteiger partial charge in [-0.05, 0) is 154 Å². The van der Waals surface area contributed by atoms with Gasteiger partial charge in [0.1, 0.15) is 34.5 Å². The van der Waals surface area contributed by atoms with E-state index < -0.39 is 71.0 Å². The number of hydrogen-bond donors (Lipinski definition) is 3. The van der Waals surface area contributed by atoms with Crippen LogP contribution in [0.15, 0.2) is 170 Å². The molecule has 0 aromatic heterocycles. The summed E-state index contributed by atoms with van der Waals surface area (Å²) < 4.78 is 22.7. The molecule has 4 aliphatic heterocycles. The SMILES string of the molecule is CC(C)(C)OC(=O)N1CCN(c2cccc(C[C@@H]([C@H](O)[C@H]3C(=O)N(Cc4ccccc4)CCN3C(=O)OC(C)(C)C)N(Cc3ccccc3)Cc3ccccc3)c2)CC1.CC(C)(C)OC(=O)N1CCN(c2cccc(C[C@H](N)[C@H](O)[C@H]3C(=O)N(Cc4ccccc4)CCN3C(=O)OC(C)(C)C)c2)CC1.[HH]. The zero-order valence-corrected chi connectivity index (χ0v) is 62.9. The Labute approximate surface area is 616 Å². The number of aliphatic hydroxyl groups is 2. The van der Waals surface area contributed by atoms with Gasteiger partial charge in [-0.25, -0.2) is 19.2 Å². The summed E-state index contributed by atoms with van der Waals surface area (Å²) in [7, 11) is 0. The molecule has 104 heavy (non-hydrogen) atoms. The van der Waals surface area contributed by atoms with Gasteiger partial charge in [-0.2, -0.15) is 0 Å². The maximum absolute atomic E-state index is 14.8. The molecule has 0 saturated carbocycles. The largest absolute Gasteiger partial charge is 0.444 e. The fourth-order valence-corrected chi connectivity index (χ4v) is 13.4. The van der Waals surface area contributed by atoms with Gasteiger partial charge in [-0.1, -0.05) is 146 Å². The van der Waals surface area contributed by atoms with Crippen molar-refractivity contribution >= 4 is 47.6 Å². The fraction of sp³-hybridized carbons (Fsp3) is 0.488. The molecular weight excluding hydrogens is 1320 g/mol. The quantitative estimate of drug-likeness (QED) is 0.0640. The zero-order chi connectivity index (χ0) is 75.1. The third-order valence-electron chi connectivity index (χ3n) is 18.4. The molecule has 6 amide bonds. The first kappa shape index (κ1) is 78.9. The third kappa shape index (κ3) is 22.9. The van der Waals surface area contributed by atoms with E-state index in [1.54, 1.807) is 61.1 Å². The highest BCUT2D eigenvalue weighted by molar-refractivity contribution is 5.89. The van der Waals surface area contributed by atoms with Crippen LogP contribution in [0, 0.1) is 0 Å². The lowest BCUT2D eigenvalue weighted by atomic mass is 9.91. The van der Waals surface area contributed by atoms with Gasteiger partial charge in [0, 0.05) is 130 Å². The summed E-state index contributed by atoms with van der Waals surface area (Å²) >= 11 is 0. The number of nitrogens with zero attached hydrogens (tertiary/aromatic N) is 9. The molecule has 22 nitrogen and oxygen atoms in total. The van der Waals surface area contributed by atoms with Gasteiger partial charge < -0.3 is 64.3 Å². The number of carbonyl (C=O) groups excluding carboxylic acids is 6. The number of aliphatic hydroxyl groups excluding tert-OH is 2. The number of nitrogens with two attached hydrogens (primary N) is 1. The number of carbonyl (C=O) groups is 6. The summed E-state index contributed by atoms with van der Waals surface area (Å²) in [5.41, 5.74) is 11.8. The molecule has 22 heteroatoms. The first-order chi connectivity index (χ1) is 49.2. The van der Waals surface area contributed by atoms with Crippen molar-refractivity contribution in [1.29, 1.82) is 0 Å². The highest BCUT2D eigenvalue weighted by Gasteiger charge is 2.48. The molecule has 6 aromatic carbocycles. The monoisotopic (exact) mass is 1430 g/mol. The summed E-state index contributed by atoms with van der Waals surface area (Å²) in [5.74, 6) is -0.685. The van der Waals surface area contributed by atoms with Crippen molar-refractivity contribution in [2.24, 2.45) is 5.73 Å². The van der Waals surface area contributed by atoms with E-state index in [4.69, 9.17) is 24.7 Å². The Morgan fingerprint density at radius 2 is 0.731 bits per heavy atom. The van der Waals surface area contributed by atoms with E-state index in [1.165, 1.54) is 9.80 Å². The minimum Gasteiger partial charge on any atom is -0.444 e. The number of piperazine rings is 4. The summed E-state index contributed by atoms with van der Waals surface area (Å²) in [5, 5.41) is 24.5. The predicted octanol–water partition coefficient (Wildman–Crippen LogP) is 11.2. The number of ether oxygens (including phenoxy) is 4. The van der Waals surface area contributed by atoms with Crippen LogP contribution in [0.25, 0.3) is 0 Å². The summed E-state index contributed by atoms with van der Waals surface area (Å²) in [6.07, 6.45) is -3.85. The summed E-state index contributed by atoms with van der Waals surface area (Å²) in [4.78, 5) is 97.5. The van der Waals surface area contributed by atoms with Gasteiger partial charge in [-0.15, -0.1) is 0 Å². The molecular formula is C82H112N10O12. The Balaban J connectivity index is 0.000000273. The van der Waals surface area contributed by atoms with E-state index in [1.807, 2.05) is 169 Å². The van der Waals surface area contributed by atoms with E-state index in [2.05, 4.69) is 57.2 Å². The van der Waals surface area contributed by atoms with Crippen molar-refractivity contribution < 1.29 is 59.4 Å². The van der Waals surface area contributed by atoms with Crippen molar-refractivity contribution in [1.82, 2.24) is 34.3 Å². The molecule has 0 spiro atoms. The molecule has 562 valence electrons. The van der Waals surface area contributed by atoms with Crippen LogP contribution in [0.5, 0.6) is 0 Å². The van der Waals surface area contributed by atoms with E-state index >= 15 is 0 Å². The fourth-order valence-electron chi connectivity index (χ4n) is 13.4. The van der Waals surface area contributed by atoms with Gasteiger partial charge in [0.05, 0.1) is 12.2 Å². The number of amides is 6. The highest BCUT2D eigenvalue weighted by Crippen LogP contribution is 2.31. The second kappa shape index (κ2) is 35.0. The van der Waals surface area contributed by atoms with Crippen LogP contribution in [0.3, 0.4) is 0 Å². The van der Waals surface area contributed by atoms with E-state index in [0.29, 0.717) is 98.0 Å². The minimum absolute atomic E-state index is 0. The number of hydrogen-bond acceptors (Lipinski definition) is 16. The van der Waals surface area contributed by atoms with Gasteiger partial charge in [0.15, 0.2) is 0 Å². The second-order valence-corrected chi connectivity index (χ2v) is 31.5. The van der Waals surface area contributed by atoms with E-state index in [-0.39, 0.29) is 44.9 Å². The zero-order valence-electron chi connectivity index (χ0n) is 62.9. The molecule has 4 heterocycles. The number of benzene rings is 6. The number of rotatable bonds is 19. The lowest BCUT2D eigenvalue weighted by Gasteiger charge is -2.46. The Kier molecular flexibility index (Phi) is 26.6. The van der Waals surface area contributed by atoms with Crippen LogP contribution in [-0.2, 0) is 67.6 Å². The molecule has 4 saturated heterocycles. The molecule has 0 unspecified atom stereocenters. The van der Waals surface area contributed by atoms with E-state index in [0.717, 1.165) is 44.8 Å². The van der Waals surface area contributed by atoms with Crippen molar-refractivity contribution in [2.45, 2.75) is 181 Å². The predicted molar refractivity (Wildman–Crippen MR) is 406 cm³/mol. The van der Waals surface area contributed by atoms with Gasteiger partial charge in [0.2, 0.25) is 11.8 Å². The van der Waals surface area contributed by atoms with Crippen LogP contribution < -0.4 is 15.5 Å². The van der Waals surface area contributed by atoms with Gasteiger partial charge in [0.25, 0.3) is 0 Å². The molecule has 0 radical (unpaired) electrons. The molecule has 4 aliphatic rings. The Morgan fingerprint density at radius 1 is 0.413 bits per heavy atom. The molecule has 0 aliphatic carbocycles. The molecule has 10 rings (SSSR count). The topological polar surface area (TPSA) is 235 Å². The lowest BCUT2D eigenvalue weighted by molar-refractivity contribution is -0.150. The molecule has 4 N–H and O–H groups in total. The molecule has 6 atom stereocenters. The lowest BCUT2D eigenvalue weighted by Crippen LogP contribution is -2.66. The van der Waals surface area contributed by atoms with Gasteiger partial charge >= 0.3 is 24.4 Å². The van der Waals surface area contributed by atoms with Crippen LogP contribution in [-0.4, -0.2) is 218 Å². The van der Waals surface area contributed by atoms with E-state index in [9.17, 15) is 39.0 Å². The Morgan fingerprint density at radius 3 is 1.09 bits per heavy atom. The average Bonchev–Trinajstić information content (AvgIpc) is 0.772. The molecule has 4 fully saturated rings. The maximum Gasteiger partial charge on any atom is 0.411 e. The van der Waals surface area contributed by atoms with Crippen LogP contribution >= 0.6 is 0 Å². The normalized spacial score (nSPS) is 18.3. The second-order valence-electron chi connectivity index (χ2n) is 31.5. The van der Waals surface area contributed by atoms with Crippen LogP contribution in [0.1, 0.15) is 118 Å². The number of anilines is 2. The van der Waals surface area contributed by atoms with Crippen molar-refractivity contribution in [3.63, 3.8) is 0 Å². The summed E-state index contributed by atoms with van der Waals surface area (Å²) in [6.45, 7) is 29.4. The highest BCUT2D eigenvalue weighted by atomic mass is 16.6. The van der Waals surface area contributed by atoms with Crippen LogP contribution in [0.4, 0.5) is 30.6 Å². The standard InChI is InChI=1S/C48H61N5O6.C34H49N5O6.H2/c1-47(2,3)58-45(56)50-27-25-49(26-28-50)40-24-16-23-39(31-40)32-41(52(34-37-19-12-8-13-20-37)35-38-21-14-9-15-22-38)43(54)42-44(55)51(33-36-17-10-7-11-18-36)29-30-53(42)46(57)59-48(4,5)6;1-33(2,3)44-31(42)37-17-15-36(16-18-37)26-14-10-13-25(21-26)22-27(35)29(40)28-30(41)38(23-24-11-8-7-9-12-24)19-20-39(28)32(43)45-34(4,5)6;/h7-24,31,41-43,54H,25-30,32-35H2,1-6H3;7-14,21,27-29,40H,15-20,22-23,35H2,1-6H3;1H/t41-,42-,43-;27-,28-,29-;/m00./s1. The van der Waals surface area contributed by atoms with Crippen molar-refractivity contribution in [2.75, 3.05) is 88.3 Å².